The third kappa shape index (κ3) is 6.42. The number of thioether (sulfide) groups is 1. The van der Waals surface area contributed by atoms with Crippen LogP contribution in [-0.2, 0) is 4.79 Å². The van der Waals surface area contributed by atoms with Gasteiger partial charge in [0.05, 0.1) is 22.9 Å². The van der Waals surface area contributed by atoms with Crippen LogP contribution in [-0.4, -0.2) is 38.5 Å². The summed E-state index contributed by atoms with van der Waals surface area (Å²) in [5.74, 6) is -0.454. The van der Waals surface area contributed by atoms with Crippen LogP contribution in [0.5, 0.6) is 5.75 Å². The van der Waals surface area contributed by atoms with Crippen molar-refractivity contribution in [1.29, 1.82) is 0 Å². The number of anilines is 2. The molecular weight excluding hydrogens is 467 g/mol. The van der Waals surface area contributed by atoms with Crippen molar-refractivity contribution in [1.82, 2.24) is 4.72 Å². The van der Waals surface area contributed by atoms with Gasteiger partial charge in [-0.25, -0.2) is 13.9 Å². The van der Waals surface area contributed by atoms with Crippen molar-refractivity contribution in [2.24, 2.45) is 0 Å². The number of halogens is 1. The fraction of sp³-hybridized carbons (Fsp3) is 0.348. The SMILES string of the molecule is CCCCC1CN(c2ccc(F)cc2)c2cc(SCC)c(O/C=C/C(=O)O)cc2S(O)(O)N1. The average molecular weight is 497 g/mol. The van der Waals surface area contributed by atoms with E-state index in [0.29, 0.717) is 18.0 Å². The van der Waals surface area contributed by atoms with Crippen LogP contribution in [0.3, 0.4) is 0 Å². The summed E-state index contributed by atoms with van der Waals surface area (Å²) in [5, 5.41) is 8.87. The number of carboxylic acid groups (broad SMARTS) is 1. The topological polar surface area (TPSA) is 102 Å². The van der Waals surface area contributed by atoms with Gasteiger partial charge in [0.1, 0.15) is 16.5 Å². The number of carboxylic acids is 1. The fourth-order valence-corrected chi connectivity index (χ4v) is 5.89. The predicted molar refractivity (Wildman–Crippen MR) is 131 cm³/mol. The van der Waals surface area contributed by atoms with E-state index in [9.17, 15) is 18.3 Å². The molecule has 0 spiro atoms. The van der Waals surface area contributed by atoms with E-state index in [1.807, 2.05) is 17.9 Å². The summed E-state index contributed by atoms with van der Waals surface area (Å²) >= 11 is 1.49. The van der Waals surface area contributed by atoms with Crippen LogP contribution in [0.15, 0.2) is 58.5 Å². The van der Waals surface area contributed by atoms with Gasteiger partial charge in [0.15, 0.2) is 0 Å². The summed E-state index contributed by atoms with van der Waals surface area (Å²) in [6.07, 6.45) is 4.53. The number of ether oxygens (including phenoxy) is 1. The summed E-state index contributed by atoms with van der Waals surface area (Å²) in [6, 6.07) is 9.23. The predicted octanol–water partition coefficient (Wildman–Crippen LogP) is 6.24. The molecule has 0 bridgehead atoms. The third-order valence-corrected chi connectivity index (χ3v) is 7.63. The number of benzene rings is 2. The number of nitrogens with one attached hydrogen (secondary N) is 1. The molecule has 0 saturated carbocycles. The molecule has 0 radical (unpaired) electrons. The van der Waals surface area contributed by atoms with Gasteiger partial charge in [-0.05, 0) is 42.5 Å². The van der Waals surface area contributed by atoms with Crippen molar-refractivity contribution < 1.29 is 28.1 Å². The molecule has 0 amide bonds. The molecule has 1 heterocycles. The number of carbonyl (C=O) groups is 1. The van der Waals surface area contributed by atoms with E-state index in [0.717, 1.165) is 47.9 Å². The van der Waals surface area contributed by atoms with Crippen LogP contribution < -0.4 is 14.4 Å². The Balaban J connectivity index is 2.15. The normalized spacial score (nSPS) is 18.6. The molecule has 4 N–H and O–H groups in total. The number of rotatable bonds is 9. The molecule has 180 valence electrons. The highest BCUT2D eigenvalue weighted by Crippen LogP contribution is 2.55. The van der Waals surface area contributed by atoms with E-state index in [2.05, 4.69) is 11.6 Å². The fourth-order valence-electron chi connectivity index (χ4n) is 3.61. The van der Waals surface area contributed by atoms with E-state index >= 15 is 0 Å². The Bertz CT molecular complexity index is 1000. The van der Waals surface area contributed by atoms with Gasteiger partial charge in [-0.1, -0.05) is 26.7 Å². The molecule has 7 nitrogen and oxygen atoms in total. The van der Waals surface area contributed by atoms with Gasteiger partial charge >= 0.3 is 5.97 Å². The molecule has 0 aliphatic carbocycles. The molecule has 33 heavy (non-hydrogen) atoms. The maximum Gasteiger partial charge on any atom is 0.331 e. The lowest BCUT2D eigenvalue weighted by Gasteiger charge is -2.35. The average Bonchev–Trinajstić information content (AvgIpc) is 2.86. The smallest absolute Gasteiger partial charge is 0.331 e. The second-order valence-electron chi connectivity index (χ2n) is 7.55. The number of hydrogen-bond acceptors (Lipinski definition) is 7. The van der Waals surface area contributed by atoms with E-state index in [1.54, 1.807) is 18.2 Å². The Morgan fingerprint density at radius 3 is 2.67 bits per heavy atom. The van der Waals surface area contributed by atoms with Gasteiger partial charge in [0, 0.05) is 24.3 Å². The van der Waals surface area contributed by atoms with Crippen molar-refractivity contribution in [2.45, 2.75) is 48.9 Å². The Kier molecular flexibility index (Phi) is 8.66. The zero-order valence-corrected chi connectivity index (χ0v) is 20.2. The minimum atomic E-state index is -3.40. The summed E-state index contributed by atoms with van der Waals surface area (Å²) < 4.78 is 44.4. The van der Waals surface area contributed by atoms with Crippen LogP contribution >= 0.6 is 22.5 Å². The molecule has 2 aromatic carbocycles. The first-order chi connectivity index (χ1) is 15.7. The summed E-state index contributed by atoms with van der Waals surface area (Å²) in [7, 11) is -3.40. The number of unbranched alkanes of at least 4 members (excludes halogenated alkanes) is 1. The lowest BCUT2D eigenvalue weighted by Crippen LogP contribution is -2.37. The Morgan fingerprint density at radius 2 is 2.03 bits per heavy atom. The minimum absolute atomic E-state index is 0.217. The standard InChI is InChI=1S/C23H29FN2O5S2/c1-3-5-6-17-15-26(18-9-7-16(24)8-10-18)19-13-21(32-4-2)20(31-12-11-23(27)28)14-22(19)33(29,30)25-17/h7-14,17,25,29-30H,3-6,15H2,1-2H3,(H,27,28)/b12-11+. The van der Waals surface area contributed by atoms with Crippen LogP contribution in [0.1, 0.15) is 33.1 Å². The first-order valence-corrected chi connectivity index (χ1v) is 13.2. The minimum Gasteiger partial charge on any atom is -0.478 e. The van der Waals surface area contributed by atoms with Gasteiger partial charge in [0.25, 0.3) is 0 Å². The summed E-state index contributed by atoms with van der Waals surface area (Å²) in [5.41, 5.74) is 1.31. The van der Waals surface area contributed by atoms with Crippen LogP contribution in [0, 0.1) is 5.82 Å². The molecule has 1 unspecified atom stereocenters. The molecule has 0 fully saturated rings. The number of hydrogen-bond donors (Lipinski definition) is 4. The lowest BCUT2D eigenvalue weighted by atomic mass is 10.1. The zero-order valence-electron chi connectivity index (χ0n) is 18.5. The molecule has 1 aliphatic rings. The largest absolute Gasteiger partial charge is 0.478 e. The Hall–Kier alpha value is -2.24. The number of fused-ring (bicyclic) bond motifs is 1. The maximum absolute atomic E-state index is 13.6. The van der Waals surface area contributed by atoms with Gasteiger partial charge < -0.3 is 14.7 Å². The Labute approximate surface area is 199 Å². The van der Waals surface area contributed by atoms with Gasteiger partial charge in [0.2, 0.25) is 0 Å². The lowest BCUT2D eigenvalue weighted by molar-refractivity contribution is -0.131. The number of nitrogens with zero attached hydrogens (tertiary/aromatic N) is 1. The van der Waals surface area contributed by atoms with Crippen LogP contribution in [0.2, 0.25) is 0 Å². The second-order valence-corrected chi connectivity index (χ2v) is 10.6. The van der Waals surface area contributed by atoms with Gasteiger partial charge in [-0.3, -0.25) is 9.11 Å². The van der Waals surface area contributed by atoms with E-state index in [4.69, 9.17) is 9.84 Å². The molecule has 1 atom stereocenters. The number of aliphatic carboxylic acids is 1. The van der Waals surface area contributed by atoms with E-state index in [-0.39, 0.29) is 16.8 Å². The highest BCUT2D eigenvalue weighted by molar-refractivity contribution is 8.22. The monoisotopic (exact) mass is 496 g/mol. The Morgan fingerprint density at radius 1 is 1.30 bits per heavy atom. The third-order valence-electron chi connectivity index (χ3n) is 5.11. The quantitative estimate of drug-likeness (QED) is 0.184. The van der Waals surface area contributed by atoms with Crippen LogP contribution in [0.25, 0.3) is 0 Å². The molecule has 3 rings (SSSR count). The van der Waals surface area contributed by atoms with Gasteiger partial charge in [-0.2, -0.15) is 0 Å². The highest BCUT2D eigenvalue weighted by atomic mass is 32.3. The molecule has 2 aromatic rings. The molecule has 0 saturated heterocycles. The zero-order chi connectivity index (χ0) is 24.0. The van der Waals surface area contributed by atoms with Crippen molar-refractivity contribution in [3.8, 4) is 5.75 Å². The van der Waals surface area contributed by atoms with E-state index in [1.165, 1.54) is 23.9 Å². The van der Waals surface area contributed by atoms with Crippen LogP contribution in [0.4, 0.5) is 15.8 Å². The molecular formula is C23H29FN2O5S2. The van der Waals surface area contributed by atoms with Gasteiger partial charge in [-0.15, -0.1) is 22.5 Å². The summed E-state index contributed by atoms with van der Waals surface area (Å²) in [4.78, 5) is 13.8. The van der Waals surface area contributed by atoms with Crippen molar-refractivity contribution in [3.05, 3.63) is 54.6 Å². The first kappa shape index (κ1) is 25.4. The second kappa shape index (κ2) is 11.3. The van der Waals surface area contributed by atoms with Crippen molar-refractivity contribution in [3.63, 3.8) is 0 Å². The molecule has 0 aromatic heterocycles. The summed E-state index contributed by atoms with van der Waals surface area (Å²) in [6.45, 7) is 4.51. The van der Waals surface area contributed by atoms with Crippen molar-refractivity contribution >= 4 is 39.9 Å². The highest BCUT2D eigenvalue weighted by Gasteiger charge is 2.33. The molecule has 10 heteroatoms. The maximum atomic E-state index is 13.6. The van der Waals surface area contributed by atoms with E-state index < -0.39 is 16.7 Å². The molecule has 1 aliphatic heterocycles. The first-order valence-electron chi connectivity index (χ1n) is 10.7. The van der Waals surface area contributed by atoms with Crippen molar-refractivity contribution in [2.75, 3.05) is 17.2 Å².